The van der Waals surface area contributed by atoms with Crippen molar-refractivity contribution in [2.45, 2.75) is 46.1 Å². The molecule has 92 valence electrons. The summed E-state index contributed by atoms with van der Waals surface area (Å²) >= 11 is 0. The van der Waals surface area contributed by atoms with Crippen molar-refractivity contribution >= 4 is 6.34 Å². The maximum Gasteiger partial charge on any atom is 0.111 e. The molecule has 2 atom stereocenters. The Labute approximate surface area is 99.5 Å². The lowest BCUT2D eigenvalue weighted by molar-refractivity contribution is 0.204. The van der Waals surface area contributed by atoms with Crippen LogP contribution in [0.25, 0.3) is 0 Å². The van der Waals surface area contributed by atoms with Gasteiger partial charge in [0.15, 0.2) is 0 Å². The average Bonchev–Trinajstić information content (AvgIpc) is 2.67. The van der Waals surface area contributed by atoms with E-state index in [4.69, 9.17) is 0 Å². The lowest BCUT2D eigenvalue weighted by Crippen LogP contribution is -2.41. The number of hydrogen-bond acceptors (Lipinski definition) is 3. The van der Waals surface area contributed by atoms with E-state index >= 15 is 0 Å². The number of likely N-dealkylation sites (N-methyl/N-ethyl adjacent to an activating group) is 1. The summed E-state index contributed by atoms with van der Waals surface area (Å²) in [6, 6.07) is 0.738. The van der Waals surface area contributed by atoms with Gasteiger partial charge in [0.1, 0.15) is 6.34 Å². The van der Waals surface area contributed by atoms with E-state index in [2.05, 4.69) is 30.8 Å². The molecule has 0 aromatic carbocycles. The monoisotopic (exact) mass is 223 g/mol. The van der Waals surface area contributed by atoms with Gasteiger partial charge in [0.25, 0.3) is 0 Å². The molecule has 0 amide bonds. The Balaban J connectivity index is 1.92. The van der Waals surface area contributed by atoms with E-state index < -0.39 is 0 Å². The summed E-state index contributed by atoms with van der Waals surface area (Å²) in [7, 11) is 2.04. The Hall–Kier alpha value is -0.730. The summed E-state index contributed by atoms with van der Waals surface area (Å²) in [5.74, 6) is 0.880. The normalized spacial score (nSPS) is 31.2. The first-order valence-electron chi connectivity index (χ1n) is 6.48. The Morgan fingerprint density at radius 3 is 2.44 bits per heavy atom. The van der Waals surface area contributed by atoms with Crippen LogP contribution in [-0.4, -0.2) is 42.4 Å². The van der Waals surface area contributed by atoms with E-state index in [9.17, 15) is 0 Å². The minimum absolute atomic E-state index is 0.471. The van der Waals surface area contributed by atoms with Gasteiger partial charge in [-0.1, -0.05) is 20.8 Å². The second kappa shape index (κ2) is 4.27. The highest BCUT2D eigenvalue weighted by molar-refractivity contribution is 5.55. The van der Waals surface area contributed by atoms with Crippen molar-refractivity contribution in [3.8, 4) is 0 Å². The van der Waals surface area contributed by atoms with Crippen LogP contribution in [-0.2, 0) is 0 Å². The SMILES string of the molecule is CN1CCN(C2CC[C@H](C(C)(C)C)C2)C=N1. The van der Waals surface area contributed by atoms with Gasteiger partial charge in [-0.05, 0) is 30.6 Å². The Morgan fingerprint density at radius 1 is 1.19 bits per heavy atom. The molecule has 3 heteroatoms. The molecule has 0 aromatic rings. The Kier molecular flexibility index (Phi) is 3.13. The van der Waals surface area contributed by atoms with Gasteiger partial charge in [-0.2, -0.15) is 5.10 Å². The molecule has 1 fully saturated rings. The number of nitrogens with zero attached hydrogens (tertiary/aromatic N) is 3. The molecule has 0 spiro atoms. The fourth-order valence-corrected chi connectivity index (χ4v) is 2.85. The Morgan fingerprint density at radius 2 is 1.94 bits per heavy atom. The lowest BCUT2D eigenvalue weighted by Gasteiger charge is -2.33. The zero-order valence-corrected chi connectivity index (χ0v) is 11.1. The highest BCUT2D eigenvalue weighted by atomic mass is 15.5. The van der Waals surface area contributed by atoms with Crippen LogP contribution < -0.4 is 0 Å². The minimum Gasteiger partial charge on any atom is -0.356 e. The molecule has 1 aliphatic carbocycles. The molecule has 0 N–H and O–H groups in total. The van der Waals surface area contributed by atoms with Gasteiger partial charge in [-0.15, -0.1) is 0 Å². The lowest BCUT2D eigenvalue weighted by atomic mass is 9.79. The molecule has 0 saturated heterocycles. The third-order valence-electron chi connectivity index (χ3n) is 4.18. The average molecular weight is 223 g/mol. The summed E-state index contributed by atoms with van der Waals surface area (Å²) in [5, 5.41) is 6.40. The van der Waals surface area contributed by atoms with Crippen LogP contribution in [0.5, 0.6) is 0 Å². The fourth-order valence-electron chi connectivity index (χ4n) is 2.85. The molecular weight excluding hydrogens is 198 g/mol. The van der Waals surface area contributed by atoms with Crippen molar-refractivity contribution in [2.75, 3.05) is 20.1 Å². The van der Waals surface area contributed by atoms with E-state index in [1.807, 2.05) is 18.4 Å². The molecule has 0 bridgehead atoms. The van der Waals surface area contributed by atoms with Gasteiger partial charge in [0.2, 0.25) is 0 Å². The van der Waals surface area contributed by atoms with Gasteiger partial charge in [-0.3, -0.25) is 5.01 Å². The summed E-state index contributed by atoms with van der Waals surface area (Å²) in [4.78, 5) is 2.45. The highest BCUT2D eigenvalue weighted by Crippen LogP contribution is 2.40. The number of rotatable bonds is 1. The molecule has 0 aromatic heterocycles. The molecule has 1 aliphatic heterocycles. The highest BCUT2D eigenvalue weighted by Gasteiger charge is 2.35. The molecule has 1 heterocycles. The summed E-state index contributed by atoms with van der Waals surface area (Å²) in [6.45, 7) is 9.32. The van der Waals surface area contributed by atoms with Crippen LogP contribution in [0.4, 0.5) is 0 Å². The van der Waals surface area contributed by atoms with E-state index in [0.29, 0.717) is 5.41 Å². The summed E-state index contributed by atoms with van der Waals surface area (Å²) < 4.78 is 0. The number of hydrogen-bond donors (Lipinski definition) is 0. The van der Waals surface area contributed by atoms with E-state index in [0.717, 1.165) is 25.0 Å². The second-order valence-electron chi connectivity index (χ2n) is 6.38. The molecule has 1 unspecified atom stereocenters. The van der Waals surface area contributed by atoms with Gasteiger partial charge < -0.3 is 4.90 Å². The molecule has 2 aliphatic rings. The molecule has 0 radical (unpaired) electrons. The molecule has 3 nitrogen and oxygen atoms in total. The Bertz CT molecular complexity index is 267. The van der Waals surface area contributed by atoms with Crippen LogP contribution >= 0.6 is 0 Å². The standard InChI is InChI=1S/C13H25N3/c1-13(2,3)11-5-6-12(9-11)16-8-7-15(4)14-10-16/h10-12H,5-9H2,1-4H3/t11-,12?/m0/s1. The van der Waals surface area contributed by atoms with Crippen molar-refractivity contribution < 1.29 is 0 Å². The molecule has 2 rings (SSSR count). The van der Waals surface area contributed by atoms with Crippen LogP contribution in [0.1, 0.15) is 40.0 Å². The smallest absolute Gasteiger partial charge is 0.111 e. The largest absolute Gasteiger partial charge is 0.356 e. The molecule has 1 saturated carbocycles. The van der Waals surface area contributed by atoms with Crippen LogP contribution in [0.2, 0.25) is 0 Å². The predicted octanol–water partition coefficient (Wildman–Crippen LogP) is 2.39. The maximum atomic E-state index is 4.38. The first-order valence-corrected chi connectivity index (χ1v) is 6.48. The predicted molar refractivity (Wildman–Crippen MR) is 68.4 cm³/mol. The number of hydrazone groups is 1. The zero-order valence-electron chi connectivity index (χ0n) is 11.1. The van der Waals surface area contributed by atoms with E-state index in [1.54, 1.807) is 0 Å². The van der Waals surface area contributed by atoms with Gasteiger partial charge in [0, 0.05) is 19.6 Å². The maximum absolute atomic E-state index is 4.38. The van der Waals surface area contributed by atoms with Crippen LogP contribution in [0.15, 0.2) is 5.10 Å². The molecule has 16 heavy (non-hydrogen) atoms. The van der Waals surface area contributed by atoms with Gasteiger partial charge in [0.05, 0.1) is 6.54 Å². The van der Waals surface area contributed by atoms with Gasteiger partial charge in [-0.25, -0.2) is 0 Å². The summed E-state index contributed by atoms with van der Waals surface area (Å²) in [5.41, 5.74) is 0.471. The quantitative estimate of drug-likeness (QED) is 0.680. The van der Waals surface area contributed by atoms with Crippen molar-refractivity contribution in [3.05, 3.63) is 0 Å². The first-order chi connectivity index (χ1) is 7.47. The minimum atomic E-state index is 0.471. The van der Waals surface area contributed by atoms with Crippen LogP contribution in [0.3, 0.4) is 0 Å². The van der Waals surface area contributed by atoms with Crippen molar-refractivity contribution in [2.24, 2.45) is 16.4 Å². The van der Waals surface area contributed by atoms with Crippen molar-refractivity contribution in [1.29, 1.82) is 0 Å². The zero-order chi connectivity index (χ0) is 11.8. The first kappa shape index (κ1) is 11.7. The van der Waals surface area contributed by atoms with Crippen LogP contribution in [0, 0.1) is 11.3 Å². The fraction of sp³-hybridized carbons (Fsp3) is 0.923. The third-order valence-corrected chi connectivity index (χ3v) is 4.18. The van der Waals surface area contributed by atoms with E-state index in [-0.39, 0.29) is 0 Å². The molecular formula is C13H25N3. The van der Waals surface area contributed by atoms with E-state index in [1.165, 1.54) is 19.3 Å². The second-order valence-corrected chi connectivity index (χ2v) is 6.38. The topological polar surface area (TPSA) is 18.8 Å². The third kappa shape index (κ3) is 2.50. The van der Waals surface area contributed by atoms with Crippen molar-refractivity contribution in [3.63, 3.8) is 0 Å². The summed E-state index contributed by atoms with van der Waals surface area (Å²) in [6.07, 6.45) is 6.12. The van der Waals surface area contributed by atoms with Crippen molar-refractivity contribution in [1.82, 2.24) is 9.91 Å². The van der Waals surface area contributed by atoms with Gasteiger partial charge >= 0.3 is 0 Å².